The molecule has 2 aromatic carbocycles. The third kappa shape index (κ3) is 2.74. The van der Waals surface area contributed by atoms with E-state index in [0.29, 0.717) is 22.9 Å². The maximum atomic E-state index is 13.7. The molecule has 2 rings (SSSR count). The van der Waals surface area contributed by atoms with Gasteiger partial charge < -0.3 is 10.2 Å². The van der Waals surface area contributed by atoms with E-state index in [-0.39, 0.29) is 11.7 Å². The molecular weight excluding hydrogens is 243 g/mol. The molecule has 0 fully saturated rings. The van der Waals surface area contributed by atoms with E-state index >= 15 is 0 Å². The molecule has 0 aliphatic carbocycles. The second-order valence-corrected chi connectivity index (χ2v) is 4.47. The molecule has 4 heteroatoms. The lowest BCUT2D eigenvalue weighted by molar-refractivity contribution is 0.0799. The Morgan fingerprint density at radius 3 is 2.58 bits per heavy atom. The molecule has 0 unspecified atom stereocenters. The zero-order valence-corrected chi connectivity index (χ0v) is 11.1. The summed E-state index contributed by atoms with van der Waals surface area (Å²) in [6, 6.07) is 9.94. The van der Waals surface area contributed by atoms with Gasteiger partial charge in [-0.1, -0.05) is 24.3 Å². The molecule has 0 aliphatic rings. The van der Waals surface area contributed by atoms with Gasteiger partial charge in [-0.3, -0.25) is 4.79 Å². The van der Waals surface area contributed by atoms with Crippen molar-refractivity contribution in [2.45, 2.75) is 0 Å². The van der Waals surface area contributed by atoms with Crippen molar-refractivity contribution in [3.05, 3.63) is 47.8 Å². The van der Waals surface area contributed by atoms with Crippen LogP contribution in [0, 0.1) is 5.82 Å². The molecule has 0 saturated carbocycles. The largest absolute Gasteiger partial charge is 0.340 e. The van der Waals surface area contributed by atoms with Crippen LogP contribution in [0.1, 0.15) is 10.4 Å². The predicted molar refractivity (Wildman–Crippen MR) is 74.8 cm³/mol. The highest BCUT2D eigenvalue weighted by molar-refractivity contribution is 6.07. The summed E-state index contributed by atoms with van der Waals surface area (Å²) in [5.74, 6) is -0.392. The third-order valence-corrected chi connectivity index (χ3v) is 3.15. The number of likely N-dealkylation sites (N-methyl/N-ethyl adjacent to an activating group) is 2. The Morgan fingerprint density at radius 1 is 1.21 bits per heavy atom. The van der Waals surface area contributed by atoms with Gasteiger partial charge in [0.1, 0.15) is 5.82 Å². The SMILES string of the molecule is CNCCN(C)C(=O)c1ccc(F)c2ccccc12. The lowest BCUT2D eigenvalue weighted by atomic mass is 10.0. The number of nitrogens with zero attached hydrogens (tertiary/aromatic N) is 1. The van der Waals surface area contributed by atoms with Gasteiger partial charge in [0.05, 0.1) is 0 Å². The number of fused-ring (bicyclic) bond motifs is 1. The topological polar surface area (TPSA) is 32.3 Å². The molecule has 0 aliphatic heterocycles. The fourth-order valence-corrected chi connectivity index (χ4v) is 2.04. The summed E-state index contributed by atoms with van der Waals surface area (Å²) in [6.45, 7) is 1.34. The first-order valence-electron chi connectivity index (χ1n) is 6.22. The molecule has 0 radical (unpaired) electrons. The number of halogens is 1. The van der Waals surface area contributed by atoms with Gasteiger partial charge in [0.2, 0.25) is 0 Å². The van der Waals surface area contributed by atoms with Gasteiger partial charge in [-0.15, -0.1) is 0 Å². The normalized spacial score (nSPS) is 10.7. The number of nitrogens with one attached hydrogen (secondary N) is 1. The van der Waals surface area contributed by atoms with Gasteiger partial charge in [0.25, 0.3) is 5.91 Å². The van der Waals surface area contributed by atoms with Crippen molar-refractivity contribution in [3.63, 3.8) is 0 Å². The van der Waals surface area contributed by atoms with E-state index in [0.717, 1.165) is 6.54 Å². The number of hydrogen-bond donors (Lipinski definition) is 1. The monoisotopic (exact) mass is 260 g/mol. The molecule has 0 aromatic heterocycles. The average Bonchev–Trinajstić information content (AvgIpc) is 2.45. The van der Waals surface area contributed by atoms with Crippen molar-refractivity contribution in [1.29, 1.82) is 0 Å². The molecule has 3 nitrogen and oxygen atoms in total. The zero-order chi connectivity index (χ0) is 13.8. The van der Waals surface area contributed by atoms with E-state index in [1.807, 2.05) is 13.1 Å². The van der Waals surface area contributed by atoms with Crippen LogP contribution in [0.4, 0.5) is 4.39 Å². The summed E-state index contributed by atoms with van der Waals surface area (Å²) < 4.78 is 13.7. The fourth-order valence-electron chi connectivity index (χ4n) is 2.04. The van der Waals surface area contributed by atoms with Crippen molar-refractivity contribution < 1.29 is 9.18 Å². The lowest BCUT2D eigenvalue weighted by Gasteiger charge is -2.18. The van der Waals surface area contributed by atoms with Gasteiger partial charge in [-0.25, -0.2) is 4.39 Å². The summed E-state index contributed by atoms with van der Waals surface area (Å²) in [4.78, 5) is 14.0. The molecular formula is C15H17FN2O. The second-order valence-electron chi connectivity index (χ2n) is 4.47. The predicted octanol–water partition coefficient (Wildman–Crippen LogP) is 2.27. The molecule has 0 saturated heterocycles. The first-order valence-corrected chi connectivity index (χ1v) is 6.22. The number of carbonyl (C=O) groups is 1. The van der Waals surface area contributed by atoms with Gasteiger partial charge in [-0.2, -0.15) is 0 Å². The average molecular weight is 260 g/mol. The van der Waals surface area contributed by atoms with E-state index < -0.39 is 0 Å². The van der Waals surface area contributed by atoms with E-state index in [1.165, 1.54) is 6.07 Å². The van der Waals surface area contributed by atoms with Crippen molar-refractivity contribution in [3.8, 4) is 0 Å². The number of rotatable bonds is 4. The molecule has 100 valence electrons. The minimum atomic E-state index is -0.301. The van der Waals surface area contributed by atoms with Crippen LogP contribution >= 0.6 is 0 Å². The highest BCUT2D eigenvalue weighted by Gasteiger charge is 2.15. The Balaban J connectivity index is 2.40. The second kappa shape index (κ2) is 5.80. The molecule has 0 spiro atoms. The van der Waals surface area contributed by atoms with Crippen LogP contribution in [0.3, 0.4) is 0 Å². The van der Waals surface area contributed by atoms with Crippen LogP contribution < -0.4 is 5.32 Å². The summed E-state index contributed by atoms with van der Waals surface area (Å²) in [5, 5.41) is 4.14. The Bertz CT molecular complexity index is 598. The molecule has 1 amide bonds. The quantitative estimate of drug-likeness (QED) is 0.914. The van der Waals surface area contributed by atoms with Gasteiger partial charge in [0, 0.05) is 31.1 Å². The van der Waals surface area contributed by atoms with E-state index in [4.69, 9.17) is 0 Å². The molecule has 0 heterocycles. The number of carbonyl (C=O) groups excluding carboxylic acids is 1. The van der Waals surface area contributed by atoms with Crippen LogP contribution in [0.5, 0.6) is 0 Å². The minimum Gasteiger partial charge on any atom is -0.340 e. The van der Waals surface area contributed by atoms with Gasteiger partial charge in [0.15, 0.2) is 0 Å². The first-order chi connectivity index (χ1) is 9.15. The van der Waals surface area contributed by atoms with Crippen molar-refractivity contribution in [1.82, 2.24) is 10.2 Å². The fraction of sp³-hybridized carbons (Fsp3) is 0.267. The maximum absolute atomic E-state index is 13.7. The highest BCUT2D eigenvalue weighted by Crippen LogP contribution is 2.22. The van der Waals surface area contributed by atoms with Crippen LogP contribution in [0.15, 0.2) is 36.4 Å². The van der Waals surface area contributed by atoms with Crippen molar-refractivity contribution >= 4 is 16.7 Å². The van der Waals surface area contributed by atoms with Crippen LogP contribution in [0.25, 0.3) is 10.8 Å². The summed E-state index contributed by atoms with van der Waals surface area (Å²) >= 11 is 0. The summed E-state index contributed by atoms with van der Waals surface area (Å²) in [6.07, 6.45) is 0. The third-order valence-electron chi connectivity index (χ3n) is 3.15. The molecule has 19 heavy (non-hydrogen) atoms. The van der Waals surface area contributed by atoms with Gasteiger partial charge >= 0.3 is 0 Å². The summed E-state index contributed by atoms with van der Waals surface area (Å²) in [7, 11) is 3.59. The van der Waals surface area contributed by atoms with Crippen LogP contribution in [0.2, 0.25) is 0 Å². The zero-order valence-electron chi connectivity index (χ0n) is 11.1. The molecule has 0 atom stereocenters. The first kappa shape index (κ1) is 13.5. The molecule has 0 bridgehead atoms. The standard InChI is InChI=1S/C15H17FN2O/c1-17-9-10-18(2)15(19)13-7-8-14(16)12-6-4-3-5-11(12)13/h3-8,17H,9-10H2,1-2H3. The van der Waals surface area contributed by atoms with Crippen molar-refractivity contribution in [2.24, 2.45) is 0 Å². The van der Waals surface area contributed by atoms with Crippen molar-refractivity contribution in [2.75, 3.05) is 27.2 Å². The lowest BCUT2D eigenvalue weighted by Crippen LogP contribution is -2.32. The van der Waals surface area contributed by atoms with E-state index in [9.17, 15) is 9.18 Å². The molecule has 2 aromatic rings. The number of amides is 1. The summed E-state index contributed by atoms with van der Waals surface area (Å²) in [5.41, 5.74) is 0.538. The number of hydrogen-bond acceptors (Lipinski definition) is 2. The van der Waals surface area contributed by atoms with Gasteiger partial charge in [-0.05, 0) is 24.6 Å². The number of benzene rings is 2. The highest BCUT2D eigenvalue weighted by atomic mass is 19.1. The minimum absolute atomic E-state index is 0.0912. The Kier molecular flexibility index (Phi) is 4.12. The molecule has 1 N–H and O–H groups in total. The smallest absolute Gasteiger partial charge is 0.254 e. The van der Waals surface area contributed by atoms with E-state index in [1.54, 1.807) is 36.2 Å². The van der Waals surface area contributed by atoms with E-state index in [2.05, 4.69) is 5.32 Å². The maximum Gasteiger partial charge on any atom is 0.254 e. The van der Waals surface area contributed by atoms with Crippen LogP contribution in [-0.4, -0.2) is 38.0 Å². The Labute approximate surface area is 112 Å². The Hall–Kier alpha value is -1.94. The Morgan fingerprint density at radius 2 is 1.89 bits per heavy atom. The van der Waals surface area contributed by atoms with Crippen LogP contribution in [-0.2, 0) is 0 Å².